The lowest BCUT2D eigenvalue weighted by Gasteiger charge is -2.71. The third-order valence-corrected chi connectivity index (χ3v) is 6.22. The Kier molecular flexibility index (Phi) is 1.77. The zero-order valence-electron chi connectivity index (χ0n) is 10.3. The lowest BCUT2D eigenvalue weighted by atomic mass is 9.34. The molecule has 0 aromatic heterocycles. The predicted octanol–water partition coefficient (Wildman–Crippen LogP) is 3.36. The first-order valence-corrected chi connectivity index (χ1v) is 6.64. The summed E-state index contributed by atoms with van der Waals surface area (Å²) in [6.07, 6.45) is 7.41. The minimum absolute atomic E-state index is 0.293. The molecule has 0 saturated heterocycles. The molecule has 4 aliphatic rings. The highest BCUT2D eigenvalue weighted by Crippen LogP contribution is 2.73. The molecule has 1 heteroatoms. The Balaban J connectivity index is 1.79. The molecule has 0 heterocycles. The van der Waals surface area contributed by atoms with Crippen LogP contribution >= 0.6 is 0 Å². The van der Waals surface area contributed by atoms with E-state index in [1.165, 1.54) is 19.3 Å². The summed E-state index contributed by atoms with van der Waals surface area (Å²) in [5, 5.41) is 10.2. The number of aliphatic hydroxyl groups is 1. The Morgan fingerprint density at radius 3 is 2.40 bits per heavy atom. The quantitative estimate of drug-likeness (QED) is 0.700. The summed E-state index contributed by atoms with van der Waals surface area (Å²) in [5.41, 5.74) is 0.828. The molecule has 2 unspecified atom stereocenters. The minimum Gasteiger partial charge on any atom is -0.390 e. The van der Waals surface area contributed by atoms with Crippen LogP contribution in [0.25, 0.3) is 0 Å². The fraction of sp³-hybridized carbons (Fsp3) is 1.00. The summed E-state index contributed by atoms with van der Waals surface area (Å²) in [6.45, 7) is 7.04. The normalized spacial score (nSPS) is 56.0. The molecule has 1 N–H and O–H groups in total. The smallest absolute Gasteiger partial charge is 0.0656 e. The van der Waals surface area contributed by atoms with E-state index >= 15 is 0 Å². The second-order valence-electron chi connectivity index (χ2n) is 7.14. The molecule has 86 valence electrons. The van der Waals surface area contributed by atoms with E-state index in [9.17, 15) is 5.11 Å². The van der Waals surface area contributed by atoms with E-state index in [4.69, 9.17) is 0 Å². The van der Waals surface area contributed by atoms with Crippen molar-refractivity contribution in [2.75, 3.05) is 0 Å². The largest absolute Gasteiger partial charge is 0.390 e. The number of fused-ring (bicyclic) bond motifs is 1. The van der Waals surface area contributed by atoms with Gasteiger partial charge in [-0.15, -0.1) is 0 Å². The van der Waals surface area contributed by atoms with Crippen LogP contribution in [-0.2, 0) is 0 Å². The van der Waals surface area contributed by atoms with Crippen LogP contribution < -0.4 is 0 Å². The number of rotatable bonds is 1. The Morgan fingerprint density at radius 2 is 1.93 bits per heavy atom. The maximum Gasteiger partial charge on any atom is 0.0656 e. The van der Waals surface area contributed by atoms with Gasteiger partial charge in [0.2, 0.25) is 0 Å². The van der Waals surface area contributed by atoms with Crippen LogP contribution in [0.5, 0.6) is 0 Å². The van der Waals surface area contributed by atoms with E-state index in [1.807, 2.05) is 0 Å². The van der Waals surface area contributed by atoms with Crippen LogP contribution in [0.1, 0.15) is 59.3 Å². The van der Waals surface area contributed by atoms with Gasteiger partial charge in [-0.05, 0) is 61.2 Å². The molecule has 2 bridgehead atoms. The SMILES string of the molecule is CCC1(O)CC2(CCC3CC2C3(C)C)C1. The van der Waals surface area contributed by atoms with Crippen LogP contribution in [0.4, 0.5) is 0 Å². The fourth-order valence-corrected chi connectivity index (χ4v) is 5.11. The zero-order chi connectivity index (χ0) is 10.9. The monoisotopic (exact) mass is 208 g/mol. The average molecular weight is 208 g/mol. The van der Waals surface area contributed by atoms with Crippen molar-refractivity contribution in [2.45, 2.75) is 64.9 Å². The summed E-state index contributed by atoms with van der Waals surface area (Å²) in [6, 6.07) is 0. The van der Waals surface area contributed by atoms with Gasteiger partial charge < -0.3 is 5.11 Å². The molecule has 4 fully saturated rings. The van der Waals surface area contributed by atoms with Gasteiger partial charge in [-0.3, -0.25) is 0 Å². The van der Waals surface area contributed by atoms with E-state index in [1.54, 1.807) is 0 Å². The van der Waals surface area contributed by atoms with Gasteiger partial charge in [0.05, 0.1) is 5.60 Å². The topological polar surface area (TPSA) is 20.2 Å². The summed E-state index contributed by atoms with van der Waals surface area (Å²) in [5.74, 6) is 1.90. The van der Waals surface area contributed by atoms with Crippen molar-refractivity contribution in [2.24, 2.45) is 22.7 Å². The lowest BCUT2D eigenvalue weighted by Crippen LogP contribution is -2.66. The van der Waals surface area contributed by atoms with Gasteiger partial charge in [0.1, 0.15) is 0 Å². The Labute approximate surface area is 93.3 Å². The van der Waals surface area contributed by atoms with Crippen molar-refractivity contribution in [1.29, 1.82) is 0 Å². The summed E-state index contributed by atoms with van der Waals surface area (Å²) >= 11 is 0. The third-order valence-electron chi connectivity index (χ3n) is 6.22. The van der Waals surface area contributed by atoms with Gasteiger partial charge in [0.25, 0.3) is 0 Å². The van der Waals surface area contributed by atoms with Crippen molar-refractivity contribution in [3.8, 4) is 0 Å². The Morgan fingerprint density at radius 1 is 1.27 bits per heavy atom. The van der Waals surface area contributed by atoms with Crippen molar-refractivity contribution in [3.05, 3.63) is 0 Å². The molecule has 0 aromatic carbocycles. The highest BCUT2D eigenvalue weighted by Gasteiger charge is 2.67. The van der Waals surface area contributed by atoms with Crippen molar-refractivity contribution in [1.82, 2.24) is 0 Å². The average Bonchev–Trinajstić information content (AvgIpc) is 2.15. The molecular weight excluding hydrogens is 184 g/mol. The van der Waals surface area contributed by atoms with Gasteiger partial charge in [0.15, 0.2) is 0 Å². The first kappa shape index (κ1) is 10.1. The van der Waals surface area contributed by atoms with Crippen LogP contribution in [-0.4, -0.2) is 10.7 Å². The predicted molar refractivity (Wildman–Crippen MR) is 61.5 cm³/mol. The van der Waals surface area contributed by atoms with Gasteiger partial charge in [-0.1, -0.05) is 20.8 Å². The minimum atomic E-state index is -0.293. The van der Waals surface area contributed by atoms with E-state index in [2.05, 4.69) is 20.8 Å². The molecule has 15 heavy (non-hydrogen) atoms. The molecule has 4 aliphatic carbocycles. The van der Waals surface area contributed by atoms with Crippen molar-refractivity contribution < 1.29 is 5.11 Å². The second-order valence-corrected chi connectivity index (χ2v) is 7.14. The van der Waals surface area contributed by atoms with Gasteiger partial charge in [-0.25, -0.2) is 0 Å². The molecule has 4 saturated carbocycles. The molecule has 2 atom stereocenters. The Bertz CT molecular complexity index is 284. The van der Waals surface area contributed by atoms with Crippen molar-refractivity contribution in [3.63, 3.8) is 0 Å². The van der Waals surface area contributed by atoms with Gasteiger partial charge in [-0.2, -0.15) is 0 Å². The van der Waals surface area contributed by atoms with E-state index < -0.39 is 0 Å². The van der Waals surface area contributed by atoms with E-state index in [0.717, 1.165) is 31.1 Å². The molecule has 1 spiro atoms. The maximum atomic E-state index is 10.2. The molecule has 4 rings (SSSR count). The van der Waals surface area contributed by atoms with Crippen LogP contribution in [0.2, 0.25) is 0 Å². The highest BCUT2D eigenvalue weighted by molar-refractivity contribution is 5.17. The van der Waals surface area contributed by atoms with Crippen LogP contribution in [0.3, 0.4) is 0 Å². The molecule has 0 radical (unpaired) electrons. The molecule has 0 aliphatic heterocycles. The summed E-state index contributed by atoms with van der Waals surface area (Å²) < 4.78 is 0. The number of hydrogen-bond acceptors (Lipinski definition) is 1. The molecule has 0 aromatic rings. The highest BCUT2D eigenvalue weighted by atomic mass is 16.3. The summed E-state index contributed by atoms with van der Waals surface area (Å²) in [4.78, 5) is 0. The van der Waals surface area contributed by atoms with E-state index in [-0.39, 0.29) is 5.60 Å². The lowest BCUT2D eigenvalue weighted by molar-refractivity contribution is -0.251. The first-order valence-electron chi connectivity index (χ1n) is 6.64. The van der Waals surface area contributed by atoms with Gasteiger partial charge in [0, 0.05) is 0 Å². The van der Waals surface area contributed by atoms with Crippen LogP contribution in [0, 0.1) is 22.7 Å². The number of hydrogen-bond donors (Lipinski definition) is 1. The van der Waals surface area contributed by atoms with Crippen LogP contribution in [0.15, 0.2) is 0 Å². The maximum absolute atomic E-state index is 10.2. The van der Waals surface area contributed by atoms with Crippen molar-refractivity contribution >= 4 is 0 Å². The molecule has 0 amide bonds. The standard InChI is InChI=1S/C14H24O/c1-4-14(15)8-13(9-14)6-5-10-7-11(13)12(10,2)3/h10-11,15H,4-9H2,1-3H3. The summed E-state index contributed by atoms with van der Waals surface area (Å²) in [7, 11) is 0. The fourth-order valence-electron chi connectivity index (χ4n) is 5.11. The zero-order valence-corrected chi connectivity index (χ0v) is 10.3. The Hall–Kier alpha value is -0.0400. The first-order chi connectivity index (χ1) is 6.92. The van der Waals surface area contributed by atoms with Gasteiger partial charge >= 0.3 is 0 Å². The second kappa shape index (κ2) is 2.61. The van der Waals surface area contributed by atoms with E-state index in [0.29, 0.717) is 10.8 Å². The molecule has 1 nitrogen and oxygen atoms in total. The molecular formula is C14H24O. The third kappa shape index (κ3) is 1.08.